The van der Waals surface area contributed by atoms with Crippen LogP contribution in [0, 0.1) is 5.92 Å². The van der Waals surface area contributed by atoms with E-state index in [1.54, 1.807) is 18.3 Å². The Morgan fingerprint density at radius 1 is 1.12 bits per heavy atom. The predicted molar refractivity (Wildman–Crippen MR) is 105 cm³/mol. The van der Waals surface area contributed by atoms with E-state index in [2.05, 4.69) is 28.1 Å². The fraction of sp³-hybridized carbons (Fsp3) is 0.700. The van der Waals surface area contributed by atoms with E-state index in [0.717, 1.165) is 25.1 Å². The van der Waals surface area contributed by atoms with E-state index in [1.165, 1.54) is 44.7 Å². The molecule has 0 aromatic carbocycles. The van der Waals surface area contributed by atoms with Crippen LogP contribution in [0.5, 0.6) is 0 Å². The smallest absolute Gasteiger partial charge is 0.285 e. The number of nitrogens with zero attached hydrogens (tertiary/aromatic N) is 3. The van der Waals surface area contributed by atoms with Crippen molar-refractivity contribution in [3.63, 3.8) is 0 Å². The summed E-state index contributed by atoms with van der Waals surface area (Å²) in [5.41, 5.74) is 0. The van der Waals surface area contributed by atoms with Crippen LogP contribution in [0.25, 0.3) is 0 Å². The molecule has 2 fully saturated rings. The molecule has 1 aromatic rings. The van der Waals surface area contributed by atoms with E-state index < -0.39 is 10.0 Å². The highest BCUT2D eigenvalue weighted by atomic mass is 32.2. The molecule has 2 atom stereocenters. The molecule has 1 aliphatic heterocycles. The minimum absolute atomic E-state index is 0.179. The van der Waals surface area contributed by atoms with Gasteiger partial charge in [0.15, 0.2) is 0 Å². The minimum atomic E-state index is -3.72. The molecule has 1 saturated heterocycles. The van der Waals surface area contributed by atoms with Gasteiger partial charge in [-0.05, 0) is 51.2 Å². The molecule has 1 aromatic heterocycles. The molecule has 1 saturated carbocycles. The third-order valence-corrected chi connectivity index (χ3v) is 7.13. The first-order chi connectivity index (χ1) is 12.5. The van der Waals surface area contributed by atoms with E-state index in [0.29, 0.717) is 18.0 Å². The molecule has 0 amide bonds. The number of pyridine rings is 1. The Labute approximate surface area is 158 Å². The maximum Gasteiger partial charge on any atom is 0.285 e. The maximum absolute atomic E-state index is 12.9. The summed E-state index contributed by atoms with van der Waals surface area (Å²) in [5.74, 6) is 1.31. The first-order valence-electron chi connectivity index (χ1n) is 9.99. The largest absolute Gasteiger partial charge is 0.354 e. The summed E-state index contributed by atoms with van der Waals surface area (Å²) < 4.78 is 30.1. The molecule has 0 radical (unpaired) electrons. The van der Waals surface area contributed by atoms with Crippen LogP contribution in [-0.2, 0) is 10.0 Å². The molecule has 3 rings (SSSR count). The van der Waals surface area contributed by atoms with Crippen LogP contribution >= 0.6 is 0 Å². The van der Waals surface area contributed by atoms with Gasteiger partial charge in [0, 0.05) is 30.9 Å². The van der Waals surface area contributed by atoms with E-state index in [9.17, 15) is 8.42 Å². The normalized spacial score (nSPS) is 26.1. The Balaban J connectivity index is 1.93. The van der Waals surface area contributed by atoms with Gasteiger partial charge < -0.3 is 4.90 Å². The first kappa shape index (κ1) is 19.3. The Morgan fingerprint density at radius 3 is 2.42 bits per heavy atom. The van der Waals surface area contributed by atoms with Crippen molar-refractivity contribution >= 4 is 15.9 Å². The molecule has 26 heavy (non-hydrogen) atoms. The summed E-state index contributed by atoms with van der Waals surface area (Å²) in [6, 6.07) is 3.90. The second-order valence-electron chi connectivity index (χ2n) is 7.92. The van der Waals surface area contributed by atoms with Gasteiger partial charge in [-0.15, -0.1) is 4.40 Å². The quantitative estimate of drug-likeness (QED) is 0.576. The zero-order valence-corrected chi connectivity index (χ0v) is 16.8. The van der Waals surface area contributed by atoms with Crippen LogP contribution in [0.4, 0.5) is 0 Å². The van der Waals surface area contributed by atoms with Gasteiger partial charge in [0.1, 0.15) is 10.7 Å². The molecular formula is C20H31N3O2S. The number of aromatic nitrogens is 1. The second kappa shape index (κ2) is 8.51. The lowest BCUT2D eigenvalue weighted by Gasteiger charge is -2.42. The highest BCUT2D eigenvalue weighted by Crippen LogP contribution is 2.31. The van der Waals surface area contributed by atoms with Crippen LogP contribution in [-0.4, -0.2) is 36.2 Å². The third-order valence-electron chi connectivity index (χ3n) is 5.85. The third kappa shape index (κ3) is 4.64. The van der Waals surface area contributed by atoms with Crippen molar-refractivity contribution in [2.24, 2.45) is 10.3 Å². The van der Waals surface area contributed by atoms with E-state index in [4.69, 9.17) is 0 Å². The molecule has 2 heterocycles. The number of hydrogen-bond acceptors (Lipinski definition) is 3. The monoisotopic (exact) mass is 377 g/mol. The van der Waals surface area contributed by atoms with Gasteiger partial charge in [-0.1, -0.05) is 32.1 Å². The van der Waals surface area contributed by atoms with Crippen molar-refractivity contribution in [3.05, 3.63) is 24.5 Å². The van der Waals surface area contributed by atoms with Crippen molar-refractivity contribution in [2.45, 2.75) is 88.6 Å². The molecule has 0 bridgehead atoms. The lowest BCUT2D eigenvalue weighted by Crippen LogP contribution is -2.48. The fourth-order valence-electron chi connectivity index (χ4n) is 4.46. The molecule has 0 spiro atoms. The lowest BCUT2D eigenvalue weighted by molar-refractivity contribution is 0.184. The molecule has 144 valence electrons. The van der Waals surface area contributed by atoms with Crippen molar-refractivity contribution in [1.82, 2.24) is 9.88 Å². The Hall–Kier alpha value is -1.43. The molecule has 0 unspecified atom stereocenters. The topological polar surface area (TPSA) is 62.6 Å². The van der Waals surface area contributed by atoms with E-state index in [1.807, 2.05) is 0 Å². The van der Waals surface area contributed by atoms with Gasteiger partial charge in [-0.25, -0.2) is 0 Å². The molecule has 1 aliphatic carbocycles. The molecule has 2 aliphatic rings. The lowest BCUT2D eigenvalue weighted by atomic mass is 9.85. The summed E-state index contributed by atoms with van der Waals surface area (Å²) in [6.45, 7) is 4.39. The summed E-state index contributed by atoms with van der Waals surface area (Å²) in [5, 5.41) is 0. The SMILES string of the molecule is C[C@@H]1CCC[C@H](C)N1C(CC1CCCCC1)=NS(=O)(=O)c1cccnc1. The fourth-order valence-corrected chi connectivity index (χ4v) is 5.46. The predicted octanol–water partition coefficient (Wildman–Crippen LogP) is 4.40. The van der Waals surface area contributed by atoms with Crippen LogP contribution < -0.4 is 0 Å². The van der Waals surface area contributed by atoms with Gasteiger partial charge in [-0.3, -0.25) is 4.98 Å². The highest BCUT2D eigenvalue weighted by Gasteiger charge is 2.31. The average molecular weight is 378 g/mol. The number of piperidine rings is 1. The molecular weight excluding hydrogens is 346 g/mol. The number of amidine groups is 1. The van der Waals surface area contributed by atoms with Crippen molar-refractivity contribution < 1.29 is 8.42 Å². The van der Waals surface area contributed by atoms with Crippen LogP contribution in [0.2, 0.25) is 0 Å². The summed E-state index contributed by atoms with van der Waals surface area (Å²) in [7, 11) is -3.72. The average Bonchev–Trinajstić information content (AvgIpc) is 2.63. The second-order valence-corrected chi connectivity index (χ2v) is 9.52. The van der Waals surface area contributed by atoms with Gasteiger partial charge in [0.25, 0.3) is 10.0 Å². The Morgan fingerprint density at radius 2 is 1.81 bits per heavy atom. The molecule has 0 N–H and O–H groups in total. The van der Waals surface area contributed by atoms with Crippen molar-refractivity contribution in [3.8, 4) is 0 Å². The highest BCUT2D eigenvalue weighted by molar-refractivity contribution is 7.90. The van der Waals surface area contributed by atoms with E-state index in [-0.39, 0.29) is 4.90 Å². The van der Waals surface area contributed by atoms with Crippen LogP contribution in [0.1, 0.15) is 71.6 Å². The van der Waals surface area contributed by atoms with Crippen LogP contribution in [0.15, 0.2) is 33.8 Å². The number of rotatable bonds is 4. The van der Waals surface area contributed by atoms with Gasteiger partial charge in [0.05, 0.1) is 0 Å². The maximum atomic E-state index is 12.9. The summed E-state index contributed by atoms with van der Waals surface area (Å²) >= 11 is 0. The van der Waals surface area contributed by atoms with Crippen molar-refractivity contribution in [1.29, 1.82) is 0 Å². The van der Waals surface area contributed by atoms with Gasteiger partial charge >= 0.3 is 0 Å². The van der Waals surface area contributed by atoms with Crippen LogP contribution in [0.3, 0.4) is 0 Å². The zero-order valence-electron chi connectivity index (χ0n) is 16.0. The standard InChI is InChI=1S/C20H31N3O2S/c1-16-8-6-9-17(2)23(16)20(14-18-10-4-3-5-11-18)22-26(24,25)19-12-7-13-21-15-19/h7,12-13,15-18H,3-6,8-11,14H2,1-2H3/t16-,17+. The summed E-state index contributed by atoms with van der Waals surface area (Å²) in [4.78, 5) is 6.42. The van der Waals surface area contributed by atoms with Gasteiger partial charge in [-0.2, -0.15) is 8.42 Å². The Kier molecular flexibility index (Phi) is 6.33. The van der Waals surface area contributed by atoms with E-state index >= 15 is 0 Å². The van der Waals surface area contributed by atoms with Gasteiger partial charge in [0.2, 0.25) is 0 Å². The molecule has 5 nitrogen and oxygen atoms in total. The first-order valence-corrected chi connectivity index (χ1v) is 11.4. The zero-order chi connectivity index (χ0) is 18.6. The Bertz CT molecular complexity index is 702. The minimum Gasteiger partial charge on any atom is -0.354 e. The van der Waals surface area contributed by atoms with Crippen molar-refractivity contribution in [2.75, 3.05) is 0 Å². The summed E-state index contributed by atoms with van der Waals surface area (Å²) in [6.07, 6.45) is 13.3. The number of likely N-dealkylation sites (tertiary alicyclic amines) is 1. The number of sulfonamides is 1. The number of hydrogen-bond donors (Lipinski definition) is 0. The molecule has 6 heteroatoms.